The van der Waals surface area contributed by atoms with Gasteiger partial charge in [-0.2, -0.15) is 0 Å². The summed E-state index contributed by atoms with van der Waals surface area (Å²) in [6.07, 6.45) is 0. The third-order valence-corrected chi connectivity index (χ3v) is 5.89. The first kappa shape index (κ1) is 22.0. The number of fused-ring (bicyclic) bond motifs is 3. The van der Waals surface area contributed by atoms with Crippen molar-refractivity contribution in [3.05, 3.63) is 112 Å². The summed E-state index contributed by atoms with van der Waals surface area (Å²) in [6, 6.07) is 24.1. The molecule has 5 rings (SSSR count). The number of hydrogen-bond donors (Lipinski definition) is 1. The van der Waals surface area contributed by atoms with Crippen molar-refractivity contribution in [1.82, 2.24) is 0 Å². The Morgan fingerprint density at radius 1 is 0.676 bits per heavy atom. The second-order valence-corrected chi connectivity index (χ2v) is 8.52. The molecule has 1 aliphatic heterocycles. The molecule has 0 saturated carbocycles. The van der Waals surface area contributed by atoms with Gasteiger partial charge in [-0.25, -0.2) is 9.59 Å². The molecule has 1 aliphatic rings. The topological polar surface area (TPSA) is 64.6 Å². The van der Waals surface area contributed by atoms with Crippen molar-refractivity contribution in [2.45, 2.75) is 6.54 Å². The maximum atomic E-state index is 12.9. The van der Waals surface area contributed by atoms with Crippen molar-refractivity contribution in [3.63, 3.8) is 0 Å². The third kappa shape index (κ3) is 4.49. The van der Waals surface area contributed by atoms with E-state index in [4.69, 9.17) is 32.7 Å². The molecule has 0 atom stereocenters. The minimum atomic E-state index is -0.617. The fourth-order valence-electron chi connectivity index (χ4n) is 3.74. The van der Waals surface area contributed by atoms with Gasteiger partial charge in [-0.05, 0) is 71.8 Å². The highest BCUT2D eigenvalue weighted by Crippen LogP contribution is 2.42. The van der Waals surface area contributed by atoms with E-state index in [2.05, 4.69) is 5.32 Å². The van der Waals surface area contributed by atoms with E-state index in [1.807, 2.05) is 24.3 Å². The summed E-state index contributed by atoms with van der Waals surface area (Å²) in [4.78, 5) is 25.7. The molecule has 0 amide bonds. The first-order chi connectivity index (χ1) is 16.5. The van der Waals surface area contributed by atoms with Gasteiger partial charge >= 0.3 is 11.9 Å². The minimum absolute atomic E-state index is 0.128. The van der Waals surface area contributed by atoms with Crippen molar-refractivity contribution in [3.8, 4) is 22.6 Å². The quantitative estimate of drug-likeness (QED) is 0.246. The lowest BCUT2D eigenvalue weighted by molar-refractivity contribution is 0.0682. The van der Waals surface area contributed by atoms with Crippen LogP contribution in [0, 0.1) is 0 Å². The Morgan fingerprint density at radius 3 is 2.15 bits per heavy atom. The summed E-state index contributed by atoms with van der Waals surface area (Å²) in [7, 11) is 0. The van der Waals surface area contributed by atoms with E-state index in [-0.39, 0.29) is 17.1 Å². The van der Waals surface area contributed by atoms with E-state index in [0.29, 0.717) is 22.2 Å². The van der Waals surface area contributed by atoms with Gasteiger partial charge in [0, 0.05) is 27.8 Å². The normalized spacial score (nSPS) is 11.6. The van der Waals surface area contributed by atoms with Gasteiger partial charge in [0.15, 0.2) is 11.5 Å². The average Bonchev–Trinajstić information content (AvgIpc) is 2.84. The Labute approximate surface area is 205 Å². The summed E-state index contributed by atoms with van der Waals surface area (Å²) in [6.45, 7) is 0.528. The van der Waals surface area contributed by atoms with Crippen molar-refractivity contribution in [1.29, 1.82) is 0 Å². The fourth-order valence-corrected chi connectivity index (χ4v) is 4.06. The molecule has 0 aliphatic carbocycles. The smallest absolute Gasteiger partial charge is 0.343 e. The monoisotopic (exact) mass is 489 g/mol. The third-order valence-electron chi connectivity index (χ3n) is 5.40. The van der Waals surface area contributed by atoms with Gasteiger partial charge in [0.2, 0.25) is 0 Å². The van der Waals surface area contributed by atoms with Crippen molar-refractivity contribution < 1.29 is 19.1 Å². The number of anilines is 1. The average molecular weight is 490 g/mol. The number of carbonyl (C=O) groups excluding carboxylic acids is 2. The molecule has 0 unspecified atom stereocenters. The van der Waals surface area contributed by atoms with Gasteiger partial charge in [0.25, 0.3) is 0 Å². The van der Waals surface area contributed by atoms with Gasteiger partial charge in [0.1, 0.15) is 0 Å². The zero-order valence-electron chi connectivity index (χ0n) is 17.7. The predicted octanol–water partition coefficient (Wildman–Crippen LogP) is 7.02. The predicted molar refractivity (Wildman–Crippen MR) is 132 cm³/mol. The van der Waals surface area contributed by atoms with Gasteiger partial charge in [0.05, 0.1) is 11.1 Å². The first-order valence-electron chi connectivity index (χ1n) is 10.4. The number of halogens is 2. The number of benzene rings is 4. The lowest BCUT2D eigenvalue weighted by atomic mass is 9.94. The highest BCUT2D eigenvalue weighted by atomic mass is 35.5. The van der Waals surface area contributed by atoms with Gasteiger partial charge < -0.3 is 14.8 Å². The highest BCUT2D eigenvalue weighted by Gasteiger charge is 2.23. The van der Waals surface area contributed by atoms with Crippen LogP contribution in [0.25, 0.3) is 11.1 Å². The van der Waals surface area contributed by atoms with Crippen LogP contribution in [-0.2, 0) is 6.54 Å². The van der Waals surface area contributed by atoms with Crippen LogP contribution in [0.4, 0.5) is 5.69 Å². The number of rotatable bonds is 4. The van der Waals surface area contributed by atoms with Gasteiger partial charge in [-0.3, -0.25) is 0 Å². The Kier molecular flexibility index (Phi) is 5.97. The van der Waals surface area contributed by atoms with Crippen LogP contribution >= 0.6 is 23.2 Å². The van der Waals surface area contributed by atoms with Crippen LogP contribution in [-0.4, -0.2) is 11.9 Å². The van der Waals surface area contributed by atoms with Crippen molar-refractivity contribution >= 4 is 40.8 Å². The molecule has 1 heterocycles. The largest absolute Gasteiger partial charge is 0.419 e. The van der Waals surface area contributed by atoms with E-state index in [9.17, 15) is 9.59 Å². The first-order valence-corrected chi connectivity index (χ1v) is 11.2. The molecule has 34 heavy (non-hydrogen) atoms. The summed E-state index contributed by atoms with van der Waals surface area (Å²) in [5, 5.41) is 4.27. The molecule has 0 aromatic heterocycles. The second kappa shape index (κ2) is 9.21. The Morgan fingerprint density at radius 2 is 1.38 bits per heavy atom. The molecule has 4 aromatic rings. The minimum Gasteiger partial charge on any atom is -0.419 e. The van der Waals surface area contributed by atoms with Gasteiger partial charge in [-0.1, -0.05) is 47.5 Å². The number of esters is 2. The van der Waals surface area contributed by atoms with Crippen LogP contribution in [0.3, 0.4) is 0 Å². The number of hydrogen-bond acceptors (Lipinski definition) is 5. The lowest BCUT2D eigenvalue weighted by Gasteiger charge is -2.23. The maximum absolute atomic E-state index is 12.9. The number of carbonyl (C=O) groups is 2. The van der Waals surface area contributed by atoms with Crippen molar-refractivity contribution in [2.24, 2.45) is 0 Å². The highest BCUT2D eigenvalue weighted by molar-refractivity contribution is 6.31. The molecule has 0 fully saturated rings. The van der Waals surface area contributed by atoms with E-state index in [1.54, 1.807) is 54.6 Å². The van der Waals surface area contributed by atoms with Crippen LogP contribution < -0.4 is 14.8 Å². The zero-order chi connectivity index (χ0) is 23.7. The summed E-state index contributed by atoms with van der Waals surface area (Å²) >= 11 is 12.0. The Bertz CT molecular complexity index is 1420. The molecule has 168 valence electrons. The summed E-state index contributed by atoms with van der Waals surface area (Å²) in [5.41, 5.74) is 4.31. The number of nitrogens with one attached hydrogen (secondary N) is 1. The molecule has 4 aromatic carbocycles. The molecule has 0 saturated heterocycles. The van der Waals surface area contributed by atoms with E-state index in [1.165, 1.54) is 6.07 Å². The molecule has 0 spiro atoms. The van der Waals surface area contributed by atoms with Gasteiger partial charge in [-0.15, -0.1) is 0 Å². The molecule has 5 nitrogen and oxygen atoms in total. The SMILES string of the molecule is O=C(Oc1cc2c(cc1OC(=O)c1cccc(Cl)c1)-c1ccccc1NC2)c1ccc(Cl)cc1. The number of para-hydroxylation sites is 1. The van der Waals surface area contributed by atoms with Crippen molar-refractivity contribution in [2.75, 3.05) is 5.32 Å². The van der Waals surface area contributed by atoms with Crippen LogP contribution in [0.15, 0.2) is 84.9 Å². The van der Waals surface area contributed by atoms with E-state index < -0.39 is 11.9 Å². The maximum Gasteiger partial charge on any atom is 0.343 e. The standard InChI is InChI=1S/C27H17Cl2NO4/c28-19-10-8-16(9-11-19)26(31)33-24-13-18-15-30-23-7-2-1-6-21(23)22(18)14-25(24)34-27(32)17-4-3-5-20(29)12-17/h1-14,30H,15H2. The fraction of sp³-hybridized carbons (Fsp3) is 0.0370. The van der Waals surface area contributed by atoms with Crippen LogP contribution in [0.2, 0.25) is 10.0 Å². The Hall–Kier alpha value is -3.80. The summed E-state index contributed by atoms with van der Waals surface area (Å²) in [5.74, 6) is -0.952. The van der Waals surface area contributed by atoms with E-state index in [0.717, 1.165) is 22.4 Å². The Balaban J connectivity index is 1.55. The molecular formula is C27H17Cl2NO4. The number of ether oxygens (including phenoxy) is 2. The molecule has 1 N–H and O–H groups in total. The summed E-state index contributed by atoms with van der Waals surface area (Å²) < 4.78 is 11.4. The lowest BCUT2D eigenvalue weighted by Crippen LogP contribution is -2.15. The van der Waals surface area contributed by atoms with Crippen LogP contribution in [0.5, 0.6) is 11.5 Å². The molecule has 7 heteroatoms. The second-order valence-electron chi connectivity index (χ2n) is 7.65. The van der Waals surface area contributed by atoms with Crippen LogP contribution in [0.1, 0.15) is 26.3 Å². The molecule has 0 bridgehead atoms. The zero-order valence-corrected chi connectivity index (χ0v) is 19.2. The molecule has 0 radical (unpaired) electrons. The molecular weight excluding hydrogens is 473 g/mol. The van der Waals surface area contributed by atoms with E-state index >= 15 is 0 Å².